The monoisotopic (exact) mass is 251 g/mol. The summed E-state index contributed by atoms with van der Waals surface area (Å²) in [6.07, 6.45) is -0.469. The Bertz CT molecular complexity index is 413. The molecule has 0 atom stereocenters. The SMILES string of the molecule is COCc1ccccc1C(=NOC)C1OCCO1. The summed E-state index contributed by atoms with van der Waals surface area (Å²) in [5, 5.41) is 4.03. The first-order valence-electron chi connectivity index (χ1n) is 5.78. The van der Waals surface area contributed by atoms with Gasteiger partial charge in [0.2, 0.25) is 6.29 Å². The fraction of sp³-hybridized carbons (Fsp3) is 0.462. The van der Waals surface area contributed by atoms with Crippen molar-refractivity contribution in [2.24, 2.45) is 5.16 Å². The maximum Gasteiger partial charge on any atom is 0.205 e. The molecule has 1 aromatic carbocycles. The van der Waals surface area contributed by atoms with E-state index in [1.807, 2.05) is 24.3 Å². The fourth-order valence-electron chi connectivity index (χ4n) is 1.89. The molecule has 0 amide bonds. The minimum atomic E-state index is -0.469. The van der Waals surface area contributed by atoms with Gasteiger partial charge in [-0.2, -0.15) is 0 Å². The van der Waals surface area contributed by atoms with Gasteiger partial charge in [-0.1, -0.05) is 29.4 Å². The summed E-state index contributed by atoms with van der Waals surface area (Å²) in [4.78, 5) is 4.89. The highest BCUT2D eigenvalue weighted by atomic mass is 16.7. The average Bonchev–Trinajstić information content (AvgIpc) is 2.91. The molecule has 0 spiro atoms. The zero-order valence-electron chi connectivity index (χ0n) is 10.6. The van der Waals surface area contributed by atoms with Crippen molar-refractivity contribution in [3.05, 3.63) is 35.4 Å². The summed E-state index contributed by atoms with van der Waals surface area (Å²) >= 11 is 0. The zero-order valence-corrected chi connectivity index (χ0v) is 10.6. The third-order valence-electron chi connectivity index (χ3n) is 2.63. The molecule has 1 aromatic rings. The lowest BCUT2D eigenvalue weighted by atomic mass is 10.0. The van der Waals surface area contributed by atoms with E-state index >= 15 is 0 Å². The number of rotatable bonds is 5. The summed E-state index contributed by atoms with van der Waals surface area (Å²) < 4.78 is 16.1. The minimum absolute atomic E-state index is 0.469. The lowest BCUT2D eigenvalue weighted by Gasteiger charge is -2.15. The maximum atomic E-state index is 5.48. The van der Waals surface area contributed by atoms with E-state index in [4.69, 9.17) is 19.0 Å². The van der Waals surface area contributed by atoms with Crippen molar-refractivity contribution >= 4 is 5.71 Å². The van der Waals surface area contributed by atoms with Gasteiger partial charge >= 0.3 is 0 Å². The summed E-state index contributed by atoms with van der Waals surface area (Å²) in [6, 6.07) is 7.84. The van der Waals surface area contributed by atoms with Crippen LogP contribution in [0.1, 0.15) is 11.1 Å². The van der Waals surface area contributed by atoms with Crippen LogP contribution < -0.4 is 0 Å². The van der Waals surface area contributed by atoms with E-state index in [1.54, 1.807) is 7.11 Å². The normalized spacial score (nSPS) is 17.1. The van der Waals surface area contributed by atoms with Crippen LogP contribution >= 0.6 is 0 Å². The minimum Gasteiger partial charge on any atom is -0.399 e. The molecule has 0 aliphatic carbocycles. The van der Waals surface area contributed by atoms with E-state index in [0.717, 1.165) is 11.1 Å². The van der Waals surface area contributed by atoms with E-state index in [9.17, 15) is 0 Å². The first-order chi connectivity index (χ1) is 8.86. The predicted octanol–water partition coefficient (Wildman–Crippen LogP) is 1.56. The van der Waals surface area contributed by atoms with Gasteiger partial charge in [0.1, 0.15) is 12.8 Å². The highest BCUT2D eigenvalue weighted by molar-refractivity contribution is 6.04. The summed E-state index contributed by atoms with van der Waals surface area (Å²) in [5.41, 5.74) is 2.59. The van der Waals surface area contributed by atoms with Crippen molar-refractivity contribution in [1.29, 1.82) is 0 Å². The average molecular weight is 251 g/mol. The molecule has 5 heteroatoms. The predicted molar refractivity (Wildman–Crippen MR) is 66.4 cm³/mol. The van der Waals surface area contributed by atoms with E-state index < -0.39 is 6.29 Å². The van der Waals surface area contributed by atoms with Crippen LogP contribution in [0.5, 0.6) is 0 Å². The molecule has 1 fully saturated rings. The molecule has 18 heavy (non-hydrogen) atoms. The van der Waals surface area contributed by atoms with Crippen LogP contribution in [-0.2, 0) is 25.7 Å². The van der Waals surface area contributed by atoms with Gasteiger partial charge in [0, 0.05) is 12.7 Å². The van der Waals surface area contributed by atoms with Crippen LogP contribution in [0.25, 0.3) is 0 Å². The van der Waals surface area contributed by atoms with Crippen LogP contribution in [-0.4, -0.2) is 39.4 Å². The molecule has 0 N–H and O–H groups in total. The number of oxime groups is 1. The van der Waals surface area contributed by atoms with Crippen molar-refractivity contribution in [3.63, 3.8) is 0 Å². The lowest BCUT2D eigenvalue weighted by Crippen LogP contribution is -2.24. The molecule has 1 saturated heterocycles. The van der Waals surface area contributed by atoms with Crippen molar-refractivity contribution < 1.29 is 19.0 Å². The van der Waals surface area contributed by atoms with Crippen LogP contribution in [0.15, 0.2) is 29.4 Å². The summed E-state index contributed by atoms with van der Waals surface area (Å²) in [6.45, 7) is 1.64. The maximum absolute atomic E-state index is 5.48. The highest BCUT2D eigenvalue weighted by Crippen LogP contribution is 2.18. The van der Waals surface area contributed by atoms with Crippen molar-refractivity contribution in [1.82, 2.24) is 0 Å². The van der Waals surface area contributed by atoms with Crippen LogP contribution in [0, 0.1) is 0 Å². The molecule has 0 bridgehead atoms. The highest BCUT2D eigenvalue weighted by Gasteiger charge is 2.26. The Balaban J connectivity index is 2.32. The molecule has 5 nitrogen and oxygen atoms in total. The Labute approximate surface area is 106 Å². The molecule has 0 radical (unpaired) electrons. The zero-order chi connectivity index (χ0) is 12.8. The van der Waals surface area contributed by atoms with Crippen molar-refractivity contribution in [2.45, 2.75) is 12.9 Å². The van der Waals surface area contributed by atoms with Gasteiger partial charge in [-0.3, -0.25) is 0 Å². The molecule has 98 valence electrons. The first kappa shape index (κ1) is 13.0. The molecule has 1 aliphatic heterocycles. The van der Waals surface area contributed by atoms with Gasteiger partial charge < -0.3 is 19.0 Å². The largest absolute Gasteiger partial charge is 0.399 e. The van der Waals surface area contributed by atoms with Gasteiger partial charge in [0.15, 0.2) is 0 Å². The first-order valence-corrected chi connectivity index (χ1v) is 5.78. The van der Waals surface area contributed by atoms with Crippen molar-refractivity contribution in [2.75, 3.05) is 27.4 Å². The Morgan fingerprint density at radius 3 is 2.67 bits per heavy atom. The summed E-state index contributed by atoms with van der Waals surface area (Å²) in [5.74, 6) is 0. The molecule has 0 aromatic heterocycles. The standard InChI is InChI=1S/C13H17NO4/c1-15-9-10-5-3-4-6-11(10)12(14-16-2)13-17-7-8-18-13/h3-6,13H,7-9H2,1-2H3. The number of hydrogen-bond acceptors (Lipinski definition) is 5. The van der Waals surface area contributed by atoms with Gasteiger partial charge in [0.05, 0.1) is 19.8 Å². The number of benzene rings is 1. The molecule has 1 heterocycles. The summed E-state index contributed by atoms with van der Waals surface area (Å²) in [7, 11) is 3.17. The van der Waals surface area contributed by atoms with E-state index in [-0.39, 0.29) is 0 Å². The Morgan fingerprint density at radius 2 is 2.00 bits per heavy atom. The molecule has 2 rings (SSSR count). The Morgan fingerprint density at radius 1 is 1.28 bits per heavy atom. The number of ether oxygens (including phenoxy) is 3. The number of methoxy groups -OCH3 is 1. The molecular weight excluding hydrogens is 234 g/mol. The Hall–Kier alpha value is -1.43. The quantitative estimate of drug-likeness (QED) is 0.588. The van der Waals surface area contributed by atoms with E-state index in [2.05, 4.69) is 5.16 Å². The number of hydrogen-bond donors (Lipinski definition) is 0. The molecular formula is C13H17NO4. The molecule has 0 saturated carbocycles. The van der Waals surface area contributed by atoms with Crippen LogP contribution in [0.4, 0.5) is 0 Å². The van der Waals surface area contributed by atoms with Gasteiger partial charge in [-0.05, 0) is 5.56 Å². The molecule has 1 aliphatic rings. The second-order valence-electron chi connectivity index (χ2n) is 3.82. The fourth-order valence-corrected chi connectivity index (χ4v) is 1.89. The topological polar surface area (TPSA) is 49.3 Å². The van der Waals surface area contributed by atoms with Crippen molar-refractivity contribution in [3.8, 4) is 0 Å². The van der Waals surface area contributed by atoms with E-state index in [1.165, 1.54) is 7.11 Å². The lowest BCUT2D eigenvalue weighted by molar-refractivity contribution is 0.0120. The van der Waals surface area contributed by atoms with E-state index in [0.29, 0.717) is 25.5 Å². The second kappa shape index (κ2) is 6.49. The number of nitrogens with zero attached hydrogens (tertiary/aromatic N) is 1. The third-order valence-corrected chi connectivity index (χ3v) is 2.63. The smallest absolute Gasteiger partial charge is 0.205 e. The van der Waals surface area contributed by atoms with Gasteiger partial charge in [-0.25, -0.2) is 0 Å². The second-order valence-corrected chi connectivity index (χ2v) is 3.82. The van der Waals surface area contributed by atoms with Gasteiger partial charge in [-0.15, -0.1) is 0 Å². The molecule has 0 unspecified atom stereocenters. The van der Waals surface area contributed by atoms with Crippen LogP contribution in [0.2, 0.25) is 0 Å². The van der Waals surface area contributed by atoms with Crippen LogP contribution in [0.3, 0.4) is 0 Å². The van der Waals surface area contributed by atoms with Gasteiger partial charge in [0.25, 0.3) is 0 Å². The third kappa shape index (κ3) is 2.87. The Kier molecular flexibility index (Phi) is 4.69.